The lowest BCUT2D eigenvalue weighted by Gasteiger charge is -2.53. The standard InChI is InChI=1S/C39H30F5N5O4S/c40-23-15-26(35(45-18-23)48-19-39(20-48)9-12-53-13-10-39)36(50)46-24-6-4-21(5-7-24)38(52)49-11-8-22-14-32(37(51)47-33-27(41)2-1-3-28(33)42)54-34(22)25-16-29(43)30(44)17-31(25)49/h1-7,14-18H,8-13,19-20H2,(H,46,50)(H,47,51). The molecule has 0 bridgehead atoms. The Hall–Kier alpha value is -5.67. The van der Waals surface area contributed by atoms with Gasteiger partial charge in [0.1, 0.15) is 29.0 Å². The maximum Gasteiger partial charge on any atom is 0.265 e. The van der Waals surface area contributed by atoms with Crippen LogP contribution in [0.25, 0.3) is 10.4 Å². The first-order chi connectivity index (χ1) is 26.0. The van der Waals surface area contributed by atoms with E-state index < -0.39 is 52.5 Å². The van der Waals surface area contributed by atoms with E-state index >= 15 is 0 Å². The van der Waals surface area contributed by atoms with Gasteiger partial charge in [0, 0.05) is 66.0 Å². The first-order valence-electron chi connectivity index (χ1n) is 17.1. The molecule has 3 aromatic carbocycles. The van der Waals surface area contributed by atoms with E-state index in [1.54, 1.807) is 0 Å². The van der Waals surface area contributed by atoms with E-state index in [1.165, 1.54) is 35.2 Å². The number of carbonyl (C=O) groups excluding carboxylic acids is 3. The molecule has 0 radical (unpaired) electrons. The first-order valence-corrected chi connectivity index (χ1v) is 17.9. The highest BCUT2D eigenvalue weighted by molar-refractivity contribution is 7.17. The summed E-state index contributed by atoms with van der Waals surface area (Å²) in [4.78, 5) is 48.3. The average molecular weight is 760 g/mol. The summed E-state index contributed by atoms with van der Waals surface area (Å²) in [5, 5.41) is 4.98. The Labute approximate surface area is 309 Å². The number of benzene rings is 3. The minimum Gasteiger partial charge on any atom is -0.381 e. The zero-order chi connectivity index (χ0) is 37.7. The van der Waals surface area contributed by atoms with Gasteiger partial charge in [0.25, 0.3) is 17.7 Å². The van der Waals surface area contributed by atoms with Gasteiger partial charge in [-0.15, -0.1) is 11.3 Å². The maximum absolute atomic E-state index is 14.7. The van der Waals surface area contributed by atoms with Crippen molar-refractivity contribution in [2.45, 2.75) is 19.3 Å². The second-order valence-electron chi connectivity index (χ2n) is 13.5. The van der Waals surface area contributed by atoms with Gasteiger partial charge >= 0.3 is 0 Å². The number of aromatic nitrogens is 1. The average Bonchev–Trinajstić information content (AvgIpc) is 3.52. The molecule has 0 atom stereocenters. The van der Waals surface area contributed by atoms with Crippen LogP contribution in [0.2, 0.25) is 0 Å². The number of hydrogen-bond acceptors (Lipinski definition) is 7. The molecule has 0 unspecified atom stereocenters. The Bertz CT molecular complexity index is 2300. The molecule has 5 aromatic rings. The summed E-state index contributed by atoms with van der Waals surface area (Å²) in [6.07, 6.45) is 3.07. The first kappa shape index (κ1) is 35.4. The second-order valence-corrected chi connectivity index (χ2v) is 14.6. The number of hydrogen-bond donors (Lipinski definition) is 2. The number of thiophene rings is 1. The van der Waals surface area contributed by atoms with E-state index in [-0.39, 0.29) is 45.6 Å². The summed E-state index contributed by atoms with van der Waals surface area (Å²) in [5.74, 6) is -6.49. The van der Waals surface area contributed by atoms with Crippen LogP contribution in [0, 0.1) is 34.5 Å². The van der Waals surface area contributed by atoms with Crippen LogP contribution in [0.5, 0.6) is 0 Å². The molecule has 54 heavy (non-hydrogen) atoms. The van der Waals surface area contributed by atoms with Crippen LogP contribution in [0.3, 0.4) is 0 Å². The van der Waals surface area contributed by atoms with Gasteiger partial charge in [0.15, 0.2) is 11.6 Å². The molecule has 0 aliphatic carbocycles. The maximum atomic E-state index is 14.7. The smallest absolute Gasteiger partial charge is 0.265 e. The van der Waals surface area contributed by atoms with Crippen LogP contribution in [-0.4, -0.2) is 55.6 Å². The topological polar surface area (TPSA) is 104 Å². The van der Waals surface area contributed by atoms with Crippen molar-refractivity contribution in [2.75, 3.05) is 53.3 Å². The highest BCUT2D eigenvalue weighted by Gasteiger charge is 2.45. The quantitative estimate of drug-likeness (QED) is 0.171. The van der Waals surface area contributed by atoms with Crippen LogP contribution in [0.15, 0.2) is 72.9 Å². The molecule has 3 amide bonds. The predicted octanol–water partition coefficient (Wildman–Crippen LogP) is 7.83. The Morgan fingerprint density at radius 1 is 0.815 bits per heavy atom. The van der Waals surface area contributed by atoms with Gasteiger partial charge in [-0.1, -0.05) is 6.07 Å². The summed E-state index contributed by atoms with van der Waals surface area (Å²) in [7, 11) is 0. The molecule has 1 spiro atoms. The van der Waals surface area contributed by atoms with Crippen molar-refractivity contribution in [2.24, 2.45) is 5.41 Å². The molecule has 3 aliphatic rings. The third-order valence-electron chi connectivity index (χ3n) is 10.0. The van der Waals surface area contributed by atoms with E-state index in [4.69, 9.17) is 4.74 Å². The lowest BCUT2D eigenvalue weighted by Crippen LogP contribution is -2.59. The van der Waals surface area contributed by atoms with Gasteiger partial charge in [0.2, 0.25) is 0 Å². The Morgan fingerprint density at radius 3 is 2.24 bits per heavy atom. The Balaban J connectivity index is 1.01. The molecule has 2 N–H and O–H groups in total. The number of para-hydroxylation sites is 1. The highest BCUT2D eigenvalue weighted by atomic mass is 32.1. The number of nitrogens with zero attached hydrogens (tertiary/aromatic N) is 3. The SMILES string of the molecule is O=C(Nc1c(F)cccc1F)c1cc2c(s1)-c1cc(F)c(F)cc1N(C(=O)c1ccc(NC(=O)c3cc(F)cnc3N3CC4(CCOCC4)C3)cc1)CC2. The molecule has 9 nitrogen and oxygen atoms in total. The minimum absolute atomic E-state index is 0.0162. The van der Waals surface area contributed by atoms with Crippen molar-refractivity contribution in [3.8, 4) is 10.4 Å². The normalized spacial score (nSPS) is 15.9. The summed E-state index contributed by atoms with van der Waals surface area (Å²) < 4.78 is 77.6. The number of nitrogens with one attached hydrogen (secondary N) is 2. The van der Waals surface area contributed by atoms with Crippen LogP contribution in [-0.2, 0) is 11.2 Å². The fraction of sp³-hybridized carbons (Fsp3) is 0.231. The van der Waals surface area contributed by atoms with Crippen molar-refractivity contribution in [1.29, 1.82) is 0 Å². The number of carbonyl (C=O) groups is 3. The van der Waals surface area contributed by atoms with Crippen LogP contribution in [0.1, 0.15) is 48.8 Å². The van der Waals surface area contributed by atoms with Gasteiger partial charge < -0.3 is 25.2 Å². The van der Waals surface area contributed by atoms with Gasteiger partial charge in [-0.2, -0.15) is 0 Å². The monoisotopic (exact) mass is 759 g/mol. The van der Waals surface area contributed by atoms with Crippen molar-refractivity contribution >= 4 is 51.9 Å². The number of amides is 3. The fourth-order valence-corrected chi connectivity index (χ4v) is 8.32. The van der Waals surface area contributed by atoms with Crippen molar-refractivity contribution in [1.82, 2.24) is 4.98 Å². The molecule has 276 valence electrons. The number of anilines is 4. The second kappa shape index (κ2) is 14.0. The number of halogens is 5. The molecule has 2 saturated heterocycles. The number of pyridine rings is 1. The van der Waals surface area contributed by atoms with Crippen molar-refractivity contribution in [3.63, 3.8) is 0 Å². The van der Waals surface area contributed by atoms with E-state index in [1.807, 2.05) is 4.90 Å². The third kappa shape index (κ3) is 6.57. The van der Waals surface area contributed by atoms with Gasteiger partial charge in [-0.25, -0.2) is 26.9 Å². The third-order valence-corrected chi connectivity index (χ3v) is 11.2. The van der Waals surface area contributed by atoms with Crippen LogP contribution < -0.4 is 20.4 Å². The fourth-order valence-electron chi connectivity index (χ4n) is 7.19. The summed E-state index contributed by atoms with van der Waals surface area (Å²) in [6, 6.07) is 13.6. The molecule has 8 rings (SSSR count). The van der Waals surface area contributed by atoms with Crippen LogP contribution in [0.4, 0.5) is 44.8 Å². The van der Waals surface area contributed by atoms with Gasteiger partial charge in [-0.05, 0) is 79.4 Å². The molecular weight excluding hydrogens is 730 g/mol. The summed E-state index contributed by atoms with van der Waals surface area (Å²) >= 11 is 0.914. The molecule has 0 saturated carbocycles. The molecule has 5 heterocycles. The lowest BCUT2D eigenvalue weighted by atomic mass is 9.73. The number of ether oxygens (including phenoxy) is 1. The van der Waals surface area contributed by atoms with Crippen molar-refractivity contribution < 1.29 is 41.1 Å². The molecule has 2 fully saturated rings. The summed E-state index contributed by atoms with van der Waals surface area (Å²) in [6.45, 7) is 2.74. The van der Waals surface area contributed by atoms with E-state index in [0.29, 0.717) is 48.2 Å². The zero-order valence-electron chi connectivity index (χ0n) is 28.4. The number of rotatable bonds is 6. The molecule has 3 aliphatic heterocycles. The molecule has 2 aromatic heterocycles. The molecule has 15 heteroatoms. The lowest BCUT2D eigenvalue weighted by molar-refractivity contribution is -0.000516. The van der Waals surface area contributed by atoms with E-state index in [2.05, 4.69) is 15.6 Å². The minimum atomic E-state index is -1.19. The molecular formula is C39H30F5N5O4S. The van der Waals surface area contributed by atoms with Crippen molar-refractivity contribution in [3.05, 3.63) is 124 Å². The Morgan fingerprint density at radius 2 is 1.52 bits per heavy atom. The van der Waals surface area contributed by atoms with E-state index in [9.17, 15) is 36.3 Å². The van der Waals surface area contributed by atoms with E-state index in [0.717, 1.165) is 66.8 Å². The largest absolute Gasteiger partial charge is 0.381 e. The van der Waals surface area contributed by atoms with Crippen LogP contribution >= 0.6 is 11.3 Å². The zero-order valence-corrected chi connectivity index (χ0v) is 29.2. The highest BCUT2D eigenvalue weighted by Crippen LogP contribution is 2.44. The van der Waals surface area contributed by atoms with Gasteiger partial charge in [-0.3, -0.25) is 14.4 Å². The number of fused-ring (bicyclic) bond motifs is 3. The van der Waals surface area contributed by atoms with Gasteiger partial charge in [0.05, 0.1) is 22.3 Å². The predicted molar refractivity (Wildman–Crippen MR) is 193 cm³/mol. The Kier molecular flexibility index (Phi) is 9.14. The summed E-state index contributed by atoms with van der Waals surface area (Å²) in [5.41, 5.74) is 0.809.